The largest absolute Gasteiger partial charge is 0.497 e. The summed E-state index contributed by atoms with van der Waals surface area (Å²) in [5.41, 5.74) is 0.772. The number of ether oxygens (including phenoxy) is 2. The maximum atomic E-state index is 12.6. The van der Waals surface area contributed by atoms with Crippen molar-refractivity contribution in [3.05, 3.63) is 60.2 Å². The quantitative estimate of drug-likeness (QED) is 0.615. The van der Waals surface area contributed by atoms with Crippen molar-refractivity contribution in [2.75, 3.05) is 33.4 Å². The van der Waals surface area contributed by atoms with Crippen molar-refractivity contribution in [2.45, 2.75) is 18.6 Å². The van der Waals surface area contributed by atoms with Crippen LogP contribution in [-0.4, -0.2) is 52.0 Å². The summed E-state index contributed by atoms with van der Waals surface area (Å²) in [5.74, 6) is 1.24. The predicted octanol–water partition coefficient (Wildman–Crippen LogP) is 2.43. The van der Waals surface area contributed by atoms with E-state index < -0.39 is 10.0 Å². The van der Waals surface area contributed by atoms with E-state index in [-0.39, 0.29) is 17.6 Å². The summed E-state index contributed by atoms with van der Waals surface area (Å²) in [4.78, 5) is 12.4. The molecule has 2 aromatic carbocycles. The highest BCUT2D eigenvalue weighted by Crippen LogP contribution is 2.22. The number of nitrogens with one attached hydrogen (secondary N) is 1. The third kappa shape index (κ3) is 6.21. The molecule has 1 heterocycles. The topological polar surface area (TPSA) is 84.9 Å². The maximum Gasteiger partial charge on any atom is 0.223 e. The molecular formula is C22H28N2O5S. The van der Waals surface area contributed by atoms with Crippen molar-refractivity contribution in [2.24, 2.45) is 5.92 Å². The molecule has 0 atom stereocenters. The molecule has 0 radical (unpaired) electrons. The van der Waals surface area contributed by atoms with Gasteiger partial charge in [-0.25, -0.2) is 12.7 Å². The molecule has 0 aliphatic carbocycles. The molecule has 1 N–H and O–H groups in total. The van der Waals surface area contributed by atoms with Crippen LogP contribution in [0.1, 0.15) is 18.4 Å². The van der Waals surface area contributed by atoms with Gasteiger partial charge in [-0.15, -0.1) is 0 Å². The number of nitrogens with zero attached hydrogens (tertiary/aromatic N) is 1. The van der Waals surface area contributed by atoms with E-state index >= 15 is 0 Å². The molecule has 7 nitrogen and oxygen atoms in total. The van der Waals surface area contributed by atoms with Gasteiger partial charge in [0.15, 0.2) is 0 Å². The van der Waals surface area contributed by atoms with Gasteiger partial charge in [-0.05, 0) is 42.7 Å². The van der Waals surface area contributed by atoms with Crippen LogP contribution in [0.2, 0.25) is 0 Å². The van der Waals surface area contributed by atoms with Crippen LogP contribution in [0, 0.1) is 5.92 Å². The van der Waals surface area contributed by atoms with Crippen LogP contribution in [0.25, 0.3) is 0 Å². The Kier molecular flexibility index (Phi) is 7.70. The molecule has 1 saturated heterocycles. The molecule has 0 saturated carbocycles. The smallest absolute Gasteiger partial charge is 0.223 e. The van der Waals surface area contributed by atoms with Gasteiger partial charge in [0.1, 0.15) is 18.1 Å². The minimum Gasteiger partial charge on any atom is -0.497 e. The van der Waals surface area contributed by atoms with Crippen molar-refractivity contribution in [1.29, 1.82) is 0 Å². The SMILES string of the molecule is COc1ccc(OCCNC(=O)C2CCN(S(=O)(=O)Cc3ccccc3)CC2)cc1. The number of hydrogen-bond acceptors (Lipinski definition) is 5. The van der Waals surface area contributed by atoms with E-state index in [9.17, 15) is 13.2 Å². The lowest BCUT2D eigenvalue weighted by atomic mass is 9.97. The van der Waals surface area contributed by atoms with Crippen LogP contribution >= 0.6 is 0 Å². The molecule has 8 heteroatoms. The van der Waals surface area contributed by atoms with Crippen LogP contribution in [0.15, 0.2) is 54.6 Å². The average molecular weight is 433 g/mol. The zero-order chi connectivity index (χ0) is 21.4. The Morgan fingerprint density at radius 2 is 1.67 bits per heavy atom. The van der Waals surface area contributed by atoms with Gasteiger partial charge in [0.05, 0.1) is 19.4 Å². The number of piperidine rings is 1. The van der Waals surface area contributed by atoms with Gasteiger partial charge in [0.25, 0.3) is 0 Å². The molecule has 162 valence electrons. The molecule has 3 rings (SSSR count). The van der Waals surface area contributed by atoms with E-state index in [1.807, 2.05) is 54.6 Å². The first kappa shape index (κ1) is 22.1. The van der Waals surface area contributed by atoms with Crippen LogP contribution in [-0.2, 0) is 20.6 Å². The first-order chi connectivity index (χ1) is 14.5. The lowest BCUT2D eigenvalue weighted by Gasteiger charge is -2.30. The van der Waals surface area contributed by atoms with Gasteiger partial charge < -0.3 is 14.8 Å². The molecule has 1 amide bonds. The van der Waals surface area contributed by atoms with E-state index in [0.29, 0.717) is 44.8 Å². The van der Waals surface area contributed by atoms with Crippen molar-refractivity contribution in [3.8, 4) is 11.5 Å². The van der Waals surface area contributed by atoms with Gasteiger partial charge in [0, 0.05) is 19.0 Å². The second-order valence-electron chi connectivity index (χ2n) is 7.23. The standard InChI is InChI=1S/C22H28N2O5S/c1-28-20-7-9-21(10-8-20)29-16-13-23-22(25)19-11-14-24(15-12-19)30(26,27)17-18-5-3-2-4-6-18/h2-10,19H,11-17H2,1H3,(H,23,25). The number of methoxy groups -OCH3 is 1. The molecule has 0 aromatic heterocycles. The molecule has 1 aliphatic rings. The van der Waals surface area contributed by atoms with Crippen molar-refractivity contribution >= 4 is 15.9 Å². The Hall–Kier alpha value is -2.58. The Labute approximate surface area is 178 Å². The lowest BCUT2D eigenvalue weighted by Crippen LogP contribution is -2.43. The Balaban J connectivity index is 1.38. The number of sulfonamides is 1. The fourth-order valence-corrected chi connectivity index (χ4v) is 5.00. The third-order valence-corrected chi connectivity index (χ3v) is 6.99. The monoisotopic (exact) mass is 432 g/mol. The maximum absolute atomic E-state index is 12.6. The van der Waals surface area contributed by atoms with E-state index in [2.05, 4.69) is 5.32 Å². The van der Waals surface area contributed by atoms with E-state index in [4.69, 9.17) is 9.47 Å². The molecule has 0 unspecified atom stereocenters. The fourth-order valence-electron chi connectivity index (χ4n) is 3.43. The summed E-state index contributed by atoms with van der Waals surface area (Å²) < 4.78 is 37.4. The molecular weight excluding hydrogens is 404 g/mol. The summed E-state index contributed by atoms with van der Waals surface area (Å²) in [6, 6.07) is 16.4. The number of amides is 1. The van der Waals surface area contributed by atoms with Gasteiger partial charge in [0.2, 0.25) is 15.9 Å². The van der Waals surface area contributed by atoms with Gasteiger partial charge in [-0.3, -0.25) is 4.79 Å². The molecule has 0 spiro atoms. The minimum absolute atomic E-state index is 0.00655. The second-order valence-corrected chi connectivity index (χ2v) is 9.20. The molecule has 2 aromatic rings. The predicted molar refractivity (Wildman–Crippen MR) is 115 cm³/mol. The van der Waals surface area contributed by atoms with E-state index in [1.165, 1.54) is 4.31 Å². The summed E-state index contributed by atoms with van der Waals surface area (Å²) in [5, 5.41) is 2.88. The zero-order valence-electron chi connectivity index (χ0n) is 17.1. The second kappa shape index (κ2) is 10.4. The first-order valence-electron chi connectivity index (χ1n) is 10.0. The molecule has 1 aliphatic heterocycles. The highest BCUT2D eigenvalue weighted by atomic mass is 32.2. The normalized spacial score (nSPS) is 15.5. The van der Waals surface area contributed by atoms with Crippen LogP contribution in [0.4, 0.5) is 0 Å². The number of carbonyl (C=O) groups is 1. The number of carbonyl (C=O) groups excluding carboxylic acids is 1. The Morgan fingerprint density at radius 1 is 1.03 bits per heavy atom. The number of hydrogen-bond donors (Lipinski definition) is 1. The summed E-state index contributed by atoms with van der Waals surface area (Å²) >= 11 is 0. The zero-order valence-corrected chi connectivity index (χ0v) is 17.9. The highest BCUT2D eigenvalue weighted by Gasteiger charge is 2.31. The lowest BCUT2D eigenvalue weighted by molar-refractivity contribution is -0.126. The van der Waals surface area contributed by atoms with Crippen molar-refractivity contribution in [1.82, 2.24) is 9.62 Å². The van der Waals surface area contributed by atoms with E-state index in [0.717, 1.165) is 11.3 Å². The van der Waals surface area contributed by atoms with Gasteiger partial charge in [-0.1, -0.05) is 30.3 Å². The third-order valence-electron chi connectivity index (χ3n) is 5.14. The summed E-state index contributed by atoms with van der Waals surface area (Å²) in [6.07, 6.45) is 1.05. The van der Waals surface area contributed by atoms with Crippen LogP contribution < -0.4 is 14.8 Å². The van der Waals surface area contributed by atoms with E-state index in [1.54, 1.807) is 7.11 Å². The fraction of sp³-hybridized carbons (Fsp3) is 0.409. The molecule has 30 heavy (non-hydrogen) atoms. The van der Waals surface area contributed by atoms with Gasteiger partial charge >= 0.3 is 0 Å². The van der Waals surface area contributed by atoms with Gasteiger partial charge in [-0.2, -0.15) is 0 Å². The van der Waals surface area contributed by atoms with Crippen LogP contribution in [0.5, 0.6) is 11.5 Å². The summed E-state index contributed by atoms with van der Waals surface area (Å²) in [6.45, 7) is 1.50. The minimum atomic E-state index is -3.37. The first-order valence-corrected chi connectivity index (χ1v) is 11.6. The Morgan fingerprint density at radius 3 is 2.30 bits per heavy atom. The Bertz CT molecular complexity index is 908. The molecule has 0 bridgehead atoms. The number of rotatable bonds is 9. The van der Waals surface area contributed by atoms with Crippen LogP contribution in [0.3, 0.4) is 0 Å². The van der Waals surface area contributed by atoms with Crippen molar-refractivity contribution < 1.29 is 22.7 Å². The van der Waals surface area contributed by atoms with Crippen molar-refractivity contribution in [3.63, 3.8) is 0 Å². The average Bonchev–Trinajstić information content (AvgIpc) is 2.77. The summed E-state index contributed by atoms with van der Waals surface area (Å²) in [7, 11) is -1.76. The molecule has 1 fully saturated rings. The highest BCUT2D eigenvalue weighted by molar-refractivity contribution is 7.88. The number of benzene rings is 2.